The number of nitro groups is 2. The van der Waals surface area contributed by atoms with Crippen LogP contribution in [0.1, 0.15) is 29.0 Å². The maximum atomic E-state index is 12.1. The Morgan fingerprint density at radius 3 is 2.48 bits per heavy atom. The molecule has 0 spiro atoms. The van der Waals surface area contributed by atoms with Crippen molar-refractivity contribution in [1.29, 1.82) is 0 Å². The lowest BCUT2D eigenvalue weighted by Crippen LogP contribution is -2.15. The molecule has 2 aromatic rings. The van der Waals surface area contributed by atoms with Gasteiger partial charge in [0, 0.05) is 13.0 Å². The van der Waals surface area contributed by atoms with Crippen LogP contribution in [0.4, 0.5) is 11.4 Å². The Hall–Kier alpha value is -3.11. The number of hydrogen-bond donors (Lipinski definition) is 0. The van der Waals surface area contributed by atoms with Gasteiger partial charge in [0.05, 0.1) is 9.85 Å². The van der Waals surface area contributed by atoms with Crippen LogP contribution in [0.3, 0.4) is 0 Å². The van der Waals surface area contributed by atoms with Gasteiger partial charge in [-0.2, -0.15) is 14.9 Å². The Balaban J connectivity index is 1.98. The zero-order chi connectivity index (χ0) is 17.1. The topological polar surface area (TPSA) is 139 Å². The third-order valence-electron chi connectivity index (χ3n) is 3.28. The van der Waals surface area contributed by atoms with Crippen LogP contribution >= 0.6 is 0 Å². The summed E-state index contributed by atoms with van der Waals surface area (Å²) in [5, 5.41) is 29.2. The molecule has 0 radical (unpaired) electrons. The lowest BCUT2D eigenvalue weighted by atomic mass is 10.3. The molecule has 2 aromatic heterocycles. The molecule has 11 nitrogen and oxygen atoms in total. The summed E-state index contributed by atoms with van der Waals surface area (Å²) >= 11 is 0. The lowest BCUT2D eigenvalue weighted by Gasteiger charge is -2.03. The smallest absolute Gasteiger partial charge is 0.273 e. The minimum Gasteiger partial charge on any atom is -0.273 e. The van der Waals surface area contributed by atoms with Crippen molar-refractivity contribution in [2.75, 3.05) is 0 Å². The van der Waals surface area contributed by atoms with Crippen molar-refractivity contribution >= 4 is 17.3 Å². The van der Waals surface area contributed by atoms with Crippen molar-refractivity contribution in [2.45, 2.75) is 33.2 Å². The van der Waals surface area contributed by atoms with Crippen molar-refractivity contribution in [2.24, 2.45) is 0 Å². The molecule has 23 heavy (non-hydrogen) atoms. The molecule has 0 saturated carbocycles. The average Bonchev–Trinajstić information content (AvgIpc) is 3.03. The maximum absolute atomic E-state index is 12.1. The highest BCUT2D eigenvalue weighted by atomic mass is 16.6. The van der Waals surface area contributed by atoms with Gasteiger partial charge in [-0.3, -0.25) is 29.7 Å². The fourth-order valence-corrected chi connectivity index (χ4v) is 2.21. The zero-order valence-electron chi connectivity index (χ0n) is 12.5. The fraction of sp³-hybridized carbons (Fsp3) is 0.417. The summed E-state index contributed by atoms with van der Waals surface area (Å²) in [4.78, 5) is 32.4. The Morgan fingerprint density at radius 1 is 1.26 bits per heavy atom. The Kier molecular flexibility index (Phi) is 4.48. The van der Waals surface area contributed by atoms with Gasteiger partial charge in [-0.25, -0.2) is 0 Å². The van der Waals surface area contributed by atoms with Crippen LogP contribution < -0.4 is 0 Å². The van der Waals surface area contributed by atoms with Gasteiger partial charge in [-0.05, 0) is 20.3 Å². The van der Waals surface area contributed by atoms with E-state index in [1.807, 2.05) is 0 Å². The molecule has 0 bridgehead atoms. The van der Waals surface area contributed by atoms with Crippen LogP contribution in [0.15, 0.2) is 12.4 Å². The highest BCUT2D eigenvalue weighted by molar-refractivity contribution is 5.79. The third kappa shape index (κ3) is 3.39. The zero-order valence-corrected chi connectivity index (χ0v) is 12.5. The second-order valence-electron chi connectivity index (χ2n) is 4.90. The predicted molar refractivity (Wildman–Crippen MR) is 77.1 cm³/mol. The van der Waals surface area contributed by atoms with Crippen LogP contribution in [0, 0.1) is 34.1 Å². The highest BCUT2D eigenvalue weighted by Crippen LogP contribution is 2.22. The van der Waals surface area contributed by atoms with E-state index in [2.05, 4.69) is 10.2 Å². The summed E-state index contributed by atoms with van der Waals surface area (Å²) in [5.74, 6) is -0.375. The van der Waals surface area contributed by atoms with Crippen LogP contribution in [-0.4, -0.2) is 35.3 Å². The average molecular weight is 322 g/mol. The van der Waals surface area contributed by atoms with Crippen LogP contribution in [-0.2, 0) is 6.54 Å². The van der Waals surface area contributed by atoms with Gasteiger partial charge in [0.2, 0.25) is 5.91 Å². The number of aryl methyl sites for hydroxylation is 2. The molecule has 0 aliphatic carbocycles. The molecule has 0 aliphatic heterocycles. The second-order valence-corrected chi connectivity index (χ2v) is 4.90. The fourth-order valence-electron chi connectivity index (χ4n) is 2.21. The Labute approximate surface area is 129 Å². The van der Waals surface area contributed by atoms with E-state index in [-0.39, 0.29) is 35.1 Å². The molecule has 0 saturated heterocycles. The van der Waals surface area contributed by atoms with Gasteiger partial charge >= 0.3 is 11.4 Å². The molecule has 0 fully saturated rings. The lowest BCUT2D eigenvalue weighted by molar-refractivity contribution is -0.386. The normalized spacial score (nSPS) is 10.7. The van der Waals surface area contributed by atoms with Crippen molar-refractivity contribution in [3.05, 3.63) is 44.0 Å². The monoisotopic (exact) mass is 322 g/mol. The number of rotatable bonds is 6. The van der Waals surface area contributed by atoms with Gasteiger partial charge in [0.1, 0.15) is 23.8 Å². The number of nitrogens with zero attached hydrogens (tertiary/aromatic N) is 6. The van der Waals surface area contributed by atoms with Gasteiger partial charge in [-0.15, -0.1) is 0 Å². The first-order chi connectivity index (χ1) is 10.8. The number of carbonyl (C=O) groups excluding carboxylic acids is 1. The van der Waals surface area contributed by atoms with Crippen molar-refractivity contribution in [1.82, 2.24) is 19.6 Å². The molecule has 0 unspecified atom stereocenters. The molecule has 2 rings (SSSR count). The van der Waals surface area contributed by atoms with E-state index in [1.165, 1.54) is 24.7 Å². The molecule has 0 aromatic carbocycles. The third-order valence-corrected chi connectivity index (χ3v) is 3.28. The van der Waals surface area contributed by atoms with Gasteiger partial charge < -0.3 is 0 Å². The molecule has 2 heterocycles. The van der Waals surface area contributed by atoms with E-state index >= 15 is 0 Å². The molecule has 0 aliphatic rings. The van der Waals surface area contributed by atoms with E-state index in [1.54, 1.807) is 0 Å². The largest absolute Gasteiger partial charge is 0.313 e. The second kappa shape index (κ2) is 6.34. The molecular weight excluding hydrogens is 308 g/mol. The first-order valence-electron chi connectivity index (χ1n) is 6.72. The number of aromatic nitrogens is 4. The van der Waals surface area contributed by atoms with Gasteiger partial charge in [0.15, 0.2) is 0 Å². The SMILES string of the molecule is Cc1nn(C(=O)CCCn2cc([N+](=O)[O-])cn2)c(C)c1[N+](=O)[O-]. The summed E-state index contributed by atoms with van der Waals surface area (Å²) in [7, 11) is 0. The molecule has 0 atom stereocenters. The summed E-state index contributed by atoms with van der Waals surface area (Å²) in [6.07, 6.45) is 2.88. The highest BCUT2D eigenvalue weighted by Gasteiger charge is 2.24. The summed E-state index contributed by atoms with van der Waals surface area (Å²) < 4.78 is 2.40. The van der Waals surface area contributed by atoms with Gasteiger partial charge in [-0.1, -0.05) is 0 Å². The molecule has 11 heteroatoms. The summed E-state index contributed by atoms with van der Waals surface area (Å²) in [5.41, 5.74) is 0.0855. The quantitative estimate of drug-likeness (QED) is 0.581. The minimum atomic E-state index is -0.565. The summed E-state index contributed by atoms with van der Waals surface area (Å²) in [6, 6.07) is 0. The van der Waals surface area contributed by atoms with Crippen LogP contribution in [0.5, 0.6) is 0 Å². The van der Waals surface area contributed by atoms with Crippen molar-refractivity contribution in [3.8, 4) is 0 Å². The van der Waals surface area contributed by atoms with Crippen molar-refractivity contribution in [3.63, 3.8) is 0 Å². The predicted octanol–water partition coefficient (Wildman–Crippen LogP) is 1.63. The number of hydrogen-bond acceptors (Lipinski definition) is 7. The molecule has 0 N–H and O–H groups in total. The Morgan fingerprint density at radius 2 is 1.96 bits per heavy atom. The number of carbonyl (C=O) groups is 1. The first-order valence-corrected chi connectivity index (χ1v) is 6.72. The molecular formula is C12H14N6O5. The molecule has 122 valence electrons. The van der Waals surface area contributed by atoms with Crippen molar-refractivity contribution < 1.29 is 14.6 Å². The van der Waals surface area contributed by atoms with E-state index in [9.17, 15) is 25.0 Å². The first kappa shape index (κ1) is 16.3. The van der Waals surface area contributed by atoms with E-state index in [4.69, 9.17) is 0 Å². The standard InChI is InChI=1S/C12H14N6O5/c1-8-12(18(22)23)9(2)16(14-8)11(19)4-3-5-15-7-10(6-13-15)17(20)21/h6-7H,3-5H2,1-2H3. The maximum Gasteiger partial charge on any atom is 0.313 e. The van der Waals surface area contributed by atoms with Crippen LogP contribution in [0.25, 0.3) is 0 Å². The minimum absolute atomic E-state index is 0.0901. The van der Waals surface area contributed by atoms with Crippen LogP contribution in [0.2, 0.25) is 0 Å². The van der Waals surface area contributed by atoms with E-state index < -0.39 is 9.85 Å². The van der Waals surface area contributed by atoms with E-state index in [0.717, 1.165) is 10.9 Å². The molecule has 0 amide bonds. The van der Waals surface area contributed by atoms with E-state index in [0.29, 0.717) is 13.0 Å². The van der Waals surface area contributed by atoms with Gasteiger partial charge in [0.25, 0.3) is 0 Å². The Bertz CT molecular complexity index is 777. The summed E-state index contributed by atoms with van der Waals surface area (Å²) in [6.45, 7) is 3.26.